The average Bonchev–Trinajstić information content (AvgIpc) is 2.05. The topological polar surface area (TPSA) is 72.8 Å². The third-order valence-corrected chi connectivity index (χ3v) is 0.888. The molecule has 0 amide bonds. The molecule has 0 unspecified atom stereocenters. The highest BCUT2D eigenvalue weighted by Crippen LogP contribution is 1.89. The predicted molar refractivity (Wildman–Crippen MR) is 30.2 cm³/mol. The lowest BCUT2D eigenvalue weighted by Gasteiger charge is -1.85. The van der Waals surface area contributed by atoms with Gasteiger partial charge in [0.2, 0.25) is 5.78 Å². The van der Waals surface area contributed by atoms with Crippen molar-refractivity contribution in [2.75, 3.05) is 0 Å². The summed E-state index contributed by atoms with van der Waals surface area (Å²) < 4.78 is 0. The van der Waals surface area contributed by atoms with Gasteiger partial charge in [-0.1, -0.05) is 0 Å². The zero-order valence-electron chi connectivity index (χ0n) is 4.89. The third-order valence-electron chi connectivity index (χ3n) is 0.888. The van der Waals surface area contributed by atoms with E-state index in [0.717, 1.165) is 0 Å². The van der Waals surface area contributed by atoms with E-state index in [-0.39, 0.29) is 11.8 Å². The third kappa shape index (κ3) is 1.19. The minimum absolute atomic E-state index is 0.157. The summed E-state index contributed by atoms with van der Waals surface area (Å²) in [6, 6.07) is 0. The Morgan fingerprint density at radius 3 is 2.50 bits per heavy atom. The fraction of sp³-hybridized carbons (Fsp3) is 0. The van der Waals surface area contributed by atoms with Crippen LogP contribution in [0.15, 0.2) is 12.4 Å². The SMILES string of the molecule is O=CC(=O)c1cnnnc1. The van der Waals surface area contributed by atoms with Gasteiger partial charge in [-0.3, -0.25) is 9.59 Å². The van der Waals surface area contributed by atoms with Crippen LogP contribution in [0.5, 0.6) is 0 Å². The van der Waals surface area contributed by atoms with Crippen LogP contribution in [-0.2, 0) is 4.79 Å². The number of ketones is 1. The highest BCUT2D eigenvalue weighted by atomic mass is 16.2. The second-order valence-corrected chi connectivity index (χ2v) is 1.52. The second kappa shape index (κ2) is 2.77. The molecule has 1 heterocycles. The molecular formula is C5H3N3O2. The Bertz CT molecular complexity index is 246. The first-order valence-corrected chi connectivity index (χ1v) is 2.47. The zero-order chi connectivity index (χ0) is 7.40. The molecule has 0 radical (unpaired) electrons. The summed E-state index contributed by atoms with van der Waals surface area (Å²) in [5.41, 5.74) is 0.157. The number of aldehydes is 1. The van der Waals surface area contributed by atoms with E-state index < -0.39 is 5.78 Å². The van der Waals surface area contributed by atoms with Crippen LogP contribution in [0.4, 0.5) is 0 Å². The Morgan fingerprint density at radius 1 is 1.40 bits per heavy atom. The molecule has 0 saturated heterocycles. The van der Waals surface area contributed by atoms with Crippen LogP contribution < -0.4 is 0 Å². The number of hydrogen-bond donors (Lipinski definition) is 0. The van der Waals surface area contributed by atoms with Gasteiger partial charge in [0.15, 0.2) is 6.29 Å². The van der Waals surface area contributed by atoms with Crippen molar-refractivity contribution < 1.29 is 9.59 Å². The van der Waals surface area contributed by atoms with Crippen molar-refractivity contribution in [1.82, 2.24) is 15.4 Å². The van der Waals surface area contributed by atoms with Crippen LogP contribution in [0.1, 0.15) is 10.4 Å². The molecule has 0 aliphatic carbocycles. The van der Waals surface area contributed by atoms with Gasteiger partial charge in [0, 0.05) is 0 Å². The van der Waals surface area contributed by atoms with E-state index in [2.05, 4.69) is 15.4 Å². The summed E-state index contributed by atoms with van der Waals surface area (Å²) in [5, 5.41) is 9.82. The number of Topliss-reactive ketones (excluding diaryl/α,β-unsaturated/α-hetero) is 1. The molecule has 0 bridgehead atoms. The van der Waals surface area contributed by atoms with Crippen molar-refractivity contribution in [3.8, 4) is 0 Å². The minimum Gasteiger partial charge on any atom is -0.294 e. The molecule has 0 saturated carbocycles. The van der Waals surface area contributed by atoms with E-state index in [9.17, 15) is 9.59 Å². The molecule has 0 N–H and O–H groups in total. The number of hydrogen-bond acceptors (Lipinski definition) is 5. The van der Waals surface area contributed by atoms with Gasteiger partial charge in [0.25, 0.3) is 0 Å². The molecule has 5 nitrogen and oxygen atoms in total. The van der Waals surface area contributed by atoms with E-state index in [1.54, 1.807) is 0 Å². The van der Waals surface area contributed by atoms with Crippen LogP contribution in [0.2, 0.25) is 0 Å². The Hall–Kier alpha value is -1.65. The van der Waals surface area contributed by atoms with Crippen molar-refractivity contribution in [2.45, 2.75) is 0 Å². The van der Waals surface area contributed by atoms with Gasteiger partial charge in [0.1, 0.15) is 0 Å². The summed E-state index contributed by atoms with van der Waals surface area (Å²) in [4.78, 5) is 20.4. The van der Waals surface area contributed by atoms with Crippen LogP contribution in [-0.4, -0.2) is 27.5 Å². The van der Waals surface area contributed by atoms with Gasteiger partial charge in [0.05, 0.1) is 18.0 Å². The first-order valence-electron chi connectivity index (χ1n) is 2.47. The van der Waals surface area contributed by atoms with E-state index in [4.69, 9.17) is 0 Å². The second-order valence-electron chi connectivity index (χ2n) is 1.52. The molecule has 0 atom stereocenters. The quantitative estimate of drug-likeness (QED) is 0.304. The molecule has 1 aromatic rings. The fourth-order valence-corrected chi connectivity index (χ4v) is 0.434. The number of aromatic nitrogens is 3. The maximum atomic E-state index is 10.5. The summed E-state index contributed by atoms with van der Waals surface area (Å²) in [7, 11) is 0. The normalized spacial score (nSPS) is 8.80. The Balaban J connectivity index is 2.95. The summed E-state index contributed by atoms with van der Waals surface area (Å²) in [5.74, 6) is -0.637. The maximum absolute atomic E-state index is 10.5. The summed E-state index contributed by atoms with van der Waals surface area (Å²) in [6.07, 6.45) is 2.58. The van der Waals surface area contributed by atoms with Gasteiger partial charge in [-0.05, 0) is 5.21 Å². The number of rotatable bonds is 2. The zero-order valence-corrected chi connectivity index (χ0v) is 4.89. The summed E-state index contributed by atoms with van der Waals surface area (Å²) >= 11 is 0. The lowest BCUT2D eigenvalue weighted by Crippen LogP contribution is -2.01. The number of carbonyl (C=O) groups is 2. The van der Waals surface area contributed by atoms with Gasteiger partial charge in [-0.25, -0.2) is 0 Å². The minimum atomic E-state index is -0.637. The Morgan fingerprint density at radius 2 is 2.00 bits per heavy atom. The molecule has 0 aliphatic heterocycles. The molecule has 0 aliphatic rings. The molecule has 1 rings (SSSR count). The average molecular weight is 137 g/mol. The van der Waals surface area contributed by atoms with Gasteiger partial charge >= 0.3 is 0 Å². The number of carbonyl (C=O) groups excluding carboxylic acids is 2. The Labute approximate surface area is 56.1 Å². The lowest BCUT2D eigenvalue weighted by molar-refractivity contribution is -0.104. The molecule has 50 valence electrons. The van der Waals surface area contributed by atoms with Crippen molar-refractivity contribution in [3.05, 3.63) is 18.0 Å². The first kappa shape index (κ1) is 6.47. The first-order chi connectivity index (χ1) is 4.84. The fourth-order valence-electron chi connectivity index (χ4n) is 0.434. The van der Waals surface area contributed by atoms with E-state index in [1.807, 2.05) is 0 Å². The molecule has 0 aromatic carbocycles. The standard InChI is InChI=1S/C5H3N3O2/c9-3-5(10)4-1-6-8-7-2-4/h1-3H. The van der Waals surface area contributed by atoms with E-state index in [0.29, 0.717) is 0 Å². The van der Waals surface area contributed by atoms with Crippen LogP contribution in [0.25, 0.3) is 0 Å². The van der Waals surface area contributed by atoms with E-state index in [1.165, 1.54) is 12.4 Å². The smallest absolute Gasteiger partial charge is 0.228 e. The van der Waals surface area contributed by atoms with Crippen molar-refractivity contribution >= 4 is 12.1 Å². The molecule has 5 heteroatoms. The maximum Gasteiger partial charge on any atom is 0.228 e. The van der Waals surface area contributed by atoms with Crippen LogP contribution in [0, 0.1) is 0 Å². The van der Waals surface area contributed by atoms with Crippen LogP contribution >= 0.6 is 0 Å². The number of nitrogens with zero attached hydrogens (tertiary/aromatic N) is 3. The van der Waals surface area contributed by atoms with Gasteiger partial charge in [-0.2, -0.15) is 0 Å². The van der Waals surface area contributed by atoms with Gasteiger partial charge < -0.3 is 0 Å². The predicted octanol–water partition coefficient (Wildman–Crippen LogP) is -0.747. The van der Waals surface area contributed by atoms with Crippen LogP contribution in [0.3, 0.4) is 0 Å². The largest absolute Gasteiger partial charge is 0.294 e. The van der Waals surface area contributed by atoms with E-state index >= 15 is 0 Å². The Kier molecular flexibility index (Phi) is 1.79. The van der Waals surface area contributed by atoms with Crippen molar-refractivity contribution in [2.24, 2.45) is 0 Å². The molecule has 0 fully saturated rings. The molecule has 1 aromatic heterocycles. The monoisotopic (exact) mass is 137 g/mol. The summed E-state index contributed by atoms with van der Waals surface area (Å²) in [6.45, 7) is 0. The highest BCUT2D eigenvalue weighted by molar-refractivity contribution is 6.33. The van der Waals surface area contributed by atoms with Crippen molar-refractivity contribution in [1.29, 1.82) is 0 Å². The lowest BCUT2D eigenvalue weighted by atomic mass is 10.2. The van der Waals surface area contributed by atoms with Crippen molar-refractivity contribution in [3.63, 3.8) is 0 Å². The molecule has 0 spiro atoms. The molecular weight excluding hydrogens is 134 g/mol. The van der Waals surface area contributed by atoms with Gasteiger partial charge in [-0.15, -0.1) is 10.2 Å². The molecule has 10 heavy (non-hydrogen) atoms. The highest BCUT2D eigenvalue weighted by Gasteiger charge is 2.02.